The fraction of sp³-hybridized carbons (Fsp3) is 0.929. The summed E-state index contributed by atoms with van der Waals surface area (Å²) in [6.45, 7) is 5.66. The molecule has 0 heterocycles. The van der Waals surface area contributed by atoms with E-state index < -0.39 is 5.60 Å². The van der Waals surface area contributed by atoms with E-state index in [2.05, 4.69) is 0 Å². The maximum Gasteiger partial charge on any atom is 0.132 e. The first-order valence-electron chi connectivity index (χ1n) is 6.70. The van der Waals surface area contributed by atoms with Gasteiger partial charge in [0.25, 0.3) is 0 Å². The lowest BCUT2D eigenvalue weighted by Gasteiger charge is -2.16. The maximum absolute atomic E-state index is 11.0. The number of rotatable bonds is 10. The van der Waals surface area contributed by atoms with Gasteiger partial charge in [-0.05, 0) is 26.7 Å². The molecule has 0 bridgehead atoms. The maximum atomic E-state index is 11.0. The Morgan fingerprint density at radius 2 is 1.50 bits per heavy atom. The molecule has 0 fully saturated rings. The number of aliphatic hydroxyl groups is 1. The van der Waals surface area contributed by atoms with Gasteiger partial charge in [0.2, 0.25) is 0 Å². The SMILES string of the molecule is CCC(=O)CCCCCCCCC(C)(C)O. The highest BCUT2D eigenvalue weighted by Crippen LogP contribution is 2.15. The second kappa shape index (κ2) is 8.74. The number of ketones is 1. The number of hydrogen-bond donors (Lipinski definition) is 1. The van der Waals surface area contributed by atoms with Gasteiger partial charge < -0.3 is 5.11 Å². The highest BCUT2D eigenvalue weighted by atomic mass is 16.3. The van der Waals surface area contributed by atoms with E-state index in [4.69, 9.17) is 0 Å². The van der Waals surface area contributed by atoms with Crippen LogP contribution in [0.3, 0.4) is 0 Å². The molecular formula is C14H28O2. The predicted octanol–water partition coefficient (Wildman–Crippen LogP) is 3.86. The minimum absolute atomic E-state index is 0.391. The van der Waals surface area contributed by atoms with Crippen LogP contribution < -0.4 is 0 Å². The summed E-state index contributed by atoms with van der Waals surface area (Å²) in [5, 5.41) is 9.51. The van der Waals surface area contributed by atoms with Crippen molar-refractivity contribution in [2.45, 2.75) is 84.2 Å². The number of Topliss-reactive ketones (excluding diaryl/α,β-unsaturated/α-hetero) is 1. The van der Waals surface area contributed by atoms with Crippen molar-refractivity contribution in [3.63, 3.8) is 0 Å². The lowest BCUT2D eigenvalue weighted by molar-refractivity contribution is -0.118. The van der Waals surface area contributed by atoms with Crippen molar-refractivity contribution in [3.8, 4) is 0 Å². The predicted molar refractivity (Wildman–Crippen MR) is 68.5 cm³/mol. The Morgan fingerprint density at radius 3 is 2.00 bits per heavy atom. The third-order valence-corrected chi connectivity index (χ3v) is 2.89. The average molecular weight is 228 g/mol. The molecule has 0 spiro atoms. The molecule has 0 saturated carbocycles. The smallest absolute Gasteiger partial charge is 0.132 e. The van der Waals surface area contributed by atoms with Crippen LogP contribution in [0.2, 0.25) is 0 Å². The van der Waals surface area contributed by atoms with Gasteiger partial charge in [0, 0.05) is 12.8 Å². The van der Waals surface area contributed by atoms with Crippen molar-refractivity contribution in [3.05, 3.63) is 0 Å². The molecule has 0 unspecified atom stereocenters. The zero-order chi connectivity index (χ0) is 12.4. The summed E-state index contributed by atoms with van der Waals surface area (Å²) in [7, 11) is 0. The Bertz CT molecular complexity index is 180. The van der Waals surface area contributed by atoms with Crippen molar-refractivity contribution in [2.75, 3.05) is 0 Å². The summed E-state index contributed by atoms with van der Waals surface area (Å²) in [6.07, 6.45) is 9.34. The Kier molecular flexibility index (Phi) is 8.54. The fourth-order valence-electron chi connectivity index (χ4n) is 1.76. The van der Waals surface area contributed by atoms with Crippen LogP contribution >= 0.6 is 0 Å². The largest absolute Gasteiger partial charge is 0.390 e. The second-order valence-electron chi connectivity index (χ2n) is 5.33. The van der Waals surface area contributed by atoms with Crippen LogP contribution in [0.15, 0.2) is 0 Å². The van der Waals surface area contributed by atoms with E-state index >= 15 is 0 Å². The van der Waals surface area contributed by atoms with Crippen LogP contribution in [-0.2, 0) is 4.79 Å². The van der Waals surface area contributed by atoms with E-state index in [0.29, 0.717) is 12.2 Å². The summed E-state index contributed by atoms with van der Waals surface area (Å²) in [4.78, 5) is 11.0. The zero-order valence-electron chi connectivity index (χ0n) is 11.2. The molecule has 0 aliphatic heterocycles. The van der Waals surface area contributed by atoms with E-state index in [9.17, 15) is 9.90 Å². The zero-order valence-corrected chi connectivity index (χ0v) is 11.2. The van der Waals surface area contributed by atoms with Crippen LogP contribution in [0, 0.1) is 0 Å². The summed E-state index contributed by atoms with van der Waals surface area (Å²) >= 11 is 0. The molecule has 1 N–H and O–H groups in total. The summed E-state index contributed by atoms with van der Waals surface area (Å²) in [5.41, 5.74) is -0.506. The molecule has 2 nitrogen and oxygen atoms in total. The standard InChI is InChI=1S/C14H28O2/c1-4-13(15)11-9-7-5-6-8-10-12-14(2,3)16/h16H,4-12H2,1-3H3. The summed E-state index contributed by atoms with van der Waals surface area (Å²) in [5.74, 6) is 0.391. The monoisotopic (exact) mass is 228 g/mol. The normalized spacial score (nSPS) is 11.8. The number of carbonyl (C=O) groups is 1. The first-order valence-corrected chi connectivity index (χ1v) is 6.70. The first-order chi connectivity index (χ1) is 7.45. The molecule has 0 aliphatic carbocycles. The van der Waals surface area contributed by atoms with Gasteiger partial charge in [-0.25, -0.2) is 0 Å². The van der Waals surface area contributed by atoms with E-state index in [-0.39, 0.29) is 0 Å². The van der Waals surface area contributed by atoms with Crippen LogP contribution in [-0.4, -0.2) is 16.5 Å². The average Bonchev–Trinajstić information content (AvgIpc) is 2.20. The molecular weight excluding hydrogens is 200 g/mol. The Morgan fingerprint density at radius 1 is 1.00 bits per heavy atom. The highest BCUT2D eigenvalue weighted by molar-refractivity contribution is 5.77. The van der Waals surface area contributed by atoms with Crippen molar-refractivity contribution < 1.29 is 9.90 Å². The minimum atomic E-state index is -0.506. The second-order valence-corrected chi connectivity index (χ2v) is 5.33. The Hall–Kier alpha value is -0.370. The van der Waals surface area contributed by atoms with Crippen LogP contribution in [0.5, 0.6) is 0 Å². The van der Waals surface area contributed by atoms with Gasteiger partial charge in [0.15, 0.2) is 0 Å². The van der Waals surface area contributed by atoms with E-state index in [1.54, 1.807) is 0 Å². The molecule has 0 saturated heterocycles. The lowest BCUT2D eigenvalue weighted by Crippen LogP contribution is -2.17. The number of carbonyl (C=O) groups excluding carboxylic acids is 1. The molecule has 0 amide bonds. The van der Waals surface area contributed by atoms with Crippen LogP contribution in [0.1, 0.15) is 78.6 Å². The van der Waals surface area contributed by atoms with E-state index in [1.807, 2.05) is 20.8 Å². The van der Waals surface area contributed by atoms with E-state index in [1.165, 1.54) is 25.7 Å². The Balaban J connectivity index is 3.13. The molecule has 0 atom stereocenters. The fourth-order valence-corrected chi connectivity index (χ4v) is 1.76. The third-order valence-electron chi connectivity index (χ3n) is 2.89. The molecule has 0 aromatic carbocycles. The van der Waals surface area contributed by atoms with Gasteiger partial charge in [-0.2, -0.15) is 0 Å². The summed E-state index contributed by atoms with van der Waals surface area (Å²) < 4.78 is 0. The topological polar surface area (TPSA) is 37.3 Å². The van der Waals surface area contributed by atoms with Gasteiger partial charge in [-0.1, -0.05) is 39.0 Å². The Labute approximate surface area is 100 Å². The van der Waals surface area contributed by atoms with Crippen molar-refractivity contribution in [2.24, 2.45) is 0 Å². The molecule has 0 aliphatic rings. The molecule has 96 valence electrons. The highest BCUT2D eigenvalue weighted by Gasteiger charge is 2.10. The molecule has 0 aromatic heterocycles. The minimum Gasteiger partial charge on any atom is -0.390 e. The van der Waals surface area contributed by atoms with Crippen LogP contribution in [0.25, 0.3) is 0 Å². The van der Waals surface area contributed by atoms with Gasteiger partial charge in [0.1, 0.15) is 5.78 Å². The molecule has 2 heteroatoms. The third kappa shape index (κ3) is 11.7. The molecule has 16 heavy (non-hydrogen) atoms. The van der Waals surface area contributed by atoms with E-state index in [0.717, 1.165) is 25.7 Å². The summed E-state index contributed by atoms with van der Waals surface area (Å²) in [6, 6.07) is 0. The molecule has 0 radical (unpaired) electrons. The quantitative estimate of drug-likeness (QED) is 0.576. The molecule has 0 rings (SSSR count). The van der Waals surface area contributed by atoms with Gasteiger partial charge in [-0.3, -0.25) is 4.79 Å². The van der Waals surface area contributed by atoms with Crippen LogP contribution in [0.4, 0.5) is 0 Å². The molecule has 0 aromatic rings. The van der Waals surface area contributed by atoms with Gasteiger partial charge in [-0.15, -0.1) is 0 Å². The van der Waals surface area contributed by atoms with Gasteiger partial charge in [0.05, 0.1) is 5.60 Å². The number of hydrogen-bond acceptors (Lipinski definition) is 2. The van der Waals surface area contributed by atoms with Crippen molar-refractivity contribution in [1.82, 2.24) is 0 Å². The lowest BCUT2D eigenvalue weighted by atomic mass is 9.99. The van der Waals surface area contributed by atoms with Crippen molar-refractivity contribution >= 4 is 5.78 Å². The van der Waals surface area contributed by atoms with Gasteiger partial charge >= 0.3 is 0 Å². The number of unbranched alkanes of at least 4 members (excludes halogenated alkanes) is 5. The van der Waals surface area contributed by atoms with Crippen molar-refractivity contribution in [1.29, 1.82) is 0 Å². The first kappa shape index (κ1) is 15.6.